The van der Waals surface area contributed by atoms with Gasteiger partial charge in [0.2, 0.25) is 5.79 Å². The van der Waals surface area contributed by atoms with Gasteiger partial charge in [-0.3, -0.25) is 10.6 Å². The zero-order valence-corrected chi connectivity index (χ0v) is 17.5. The van der Waals surface area contributed by atoms with Crippen molar-refractivity contribution in [1.29, 1.82) is 0 Å². The molecule has 31 heavy (non-hydrogen) atoms. The Morgan fingerprint density at radius 1 is 1.10 bits per heavy atom. The van der Waals surface area contributed by atoms with E-state index in [1.54, 1.807) is 6.21 Å². The first-order chi connectivity index (χ1) is 15.2. The van der Waals surface area contributed by atoms with E-state index < -0.39 is 5.79 Å². The average molecular weight is 413 g/mol. The maximum Gasteiger partial charge on any atom is 0.210 e. The zero-order chi connectivity index (χ0) is 21.1. The summed E-state index contributed by atoms with van der Waals surface area (Å²) < 4.78 is 0. The van der Waals surface area contributed by atoms with Gasteiger partial charge in [-0.1, -0.05) is 48.6 Å². The van der Waals surface area contributed by atoms with Gasteiger partial charge in [0.1, 0.15) is 5.82 Å². The molecule has 0 saturated carbocycles. The van der Waals surface area contributed by atoms with Gasteiger partial charge in [0.25, 0.3) is 0 Å². The van der Waals surface area contributed by atoms with E-state index in [0.717, 1.165) is 60.6 Å². The molecule has 3 heterocycles. The number of nitrogens with two attached hydrogens (primary N) is 1. The zero-order valence-electron chi connectivity index (χ0n) is 17.5. The predicted octanol–water partition coefficient (Wildman–Crippen LogP) is 3.27. The van der Waals surface area contributed by atoms with Crippen LogP contribution in [0.15, 0.2) is 83.8 Å². The standard InChI is InChI=1S/C25H28N6/c26-25(29-13-11-24(30-25)27-12-6-16-31-14-3-4-15-31)20-8-5-7-19(17-20)22-18-28-23-10-2-1-9-21(22)23/h1-5,7-11,13,17-18,27-28,30H,6,12,14-16,26H2. The second kappa shape index (κ2) is 8.41. The topological polar surface area (TPSA) is 81.5 Å². The molecule has 0 saturated heterocycles. The van der Waals surface area contributed by atoms with Crippen LogP contribution in [0.5, 0.6) is 0 Å². The third-order valence-electron chi connectivity index (χ3n) is 5.91. The van der Waals surface area contributed by atoms with Crippen molar-refractivity contribution in [2.24, 2.45) is 10.7 Å². The smallest absolute Gasteiger partial charge is 0.210 e. The fraction of sp³-hybridized carbons (Fsp3) is 0.240. The summed E-state index contributed by atoms with van der Waals surface area (Å²) in [6, 6.07) is 16.6. The van der Waals surface area contributed by atoms with E-state index in [0.29, 0.717) is 0 Å². The van der Waals surface area contributed by atoms with E-state index in [9.17, 15) is 0 Å². The summed E-state index contributed by atoms with van der Waals surface area (Å²) in [5.74, 6) is -0.104. The molecule has 1 atom stereocenters. The molecular weight excluding hydrogens is 384 g/mol. The second-order valence-corrected chi connectivity index (χ2v) is 8.09. The Hall–Kier alpha value is -3.35. The van der Waals surface area contributed by atoms with Crippen LogP contribution in [0.3, 0.4) is 0 Å². The summed E-state index contributed by atoms with van der Waals surface area (Å²) in [5.41, 5.74) is 11.0. The summed E-state index contributed by atoms with van der Waals surface area (Å²) in [5, 5.41) is 8.04. The van der Waals surface area contributed by atoms with Crippen LogP contribution in [0.25, 0.3) is 22.0 Å². The lowest BCUT2D eigenvalue weighted by Crippen LogP contribution is -2.52. The Balaban J connectivity index is 1.28. The highest BCUT2D eigenvalue weighted by atomic mass is 15.3. The summed E-state index contributed by atoms with van der Waals surface area (Å²) in [4.78, 5) is 10.3. The number of nitrogens with zero attached hydrogens (tertiary/aromatic N) is 2. The Bertz CT molecular complexity index is 1150. The molecule has 6 heteroatoms. The van der Waals surface area contributed by atoms with Crippen molar-refractivity contribution >= 4 is 17.1 Å². The first-order valence-electron chi connectivity index (χ1n) is 10.8. The number of nitrogens with one attached hydrogen (secondary N) is 3. The number of aromatic amines is 1. The number of aromatic nitrogens is 1. The Kier molecular flexibility index (Phi) is 5.32. The van der Waals surface area contributed by atoms with Crippen molar-refractivity contribution in [1.82, 2.24) is 20.5 Å². The molecule has 0 fully saturated rings. The minimum absolute atomic E-state index is 0.884. The number of benzene rings is 2. The monoisotopic (exact) mass is 412 g/mol. The van der Waals surface area contributed by atoms with Crippen LogP contribution < -0.4 is 16.4 Å². The molecule has 6 nitrogen and oxygen atoms in total. The molecule has 0 aliphatic carbocycles. The number of hydrogen-bond acceptors (Lipinski definition) is 5. The van der Waals surface area contributed by atoms with E-state index in [-0.39, 0.29) is 0 Å². The largest absolute Gasteiger partial charge is 0.372 e. The average Bonchev–Trinajstić information content (AvgIpc) is 3.47. The van der Waals surface area contributed by atoms with Gasteiger partial charge in [0, 0.05) is 60.6 Å². The van der Waals surface area contributed by atoms with Gasteiger partial charge < -0.3 is 15.6 Å². The molecule has 0 bridgehead atoms. The highest BCUT2D eigenvalue weighted by Gasteiger charge is 2.29. The summed E-state index contributed by atoms with van der Waals surface area (Å²) in [7, 11) is 0. The number of para-hydroxylation sites is 1. The molecular formula is C25H28N6. The number of allylic oxidation sites excluding steroid dienone is 1. The van der Waals surface area contributed by atoms with Crippen LogP contribution in [-0.4, -0.2) is 42.3 Å². The molecule has 1 unspecified atom stereocenters. The molecule has 3 aromatic rings. The van der Waals surface area contributed by atoms with Crippen LogP contribution in [0.1, 0.15) is 12.0 Å². The van der Waals surface area contributed by atoms with Crippen LogP contribution in [0, 0.1) is 0 Å². The van der Waals surface area contributed by atoms with Crippen LogP contribution in [0.4, 0.5) is 0 Å². The normalized spacial score (nSPS) is 20.7. The SMILES string of the molecule is NC1(c2cccc(-c3c[nH]c4ccccc34)c2)N=CC=C(NCCCN2CC=CC2)N1. The second-order valence-electron chi connectivity index (χ2n) is 8.09. The number of hydrogen-bond donors (Lipinski definition) is 4. The molecule has 2 aliphatic heterocycles. The number of aliphatic imine (C=N–C) groups is 1. The third-order valence-corrected chi connectivity index (χ3v) is 5.91. The highest BCUT2D eigenvalue weighted by molar-refractivity contribution is 5.95. The lowest BCUT2D eigenvalue weighted by atomic mass is 9.99. The molecule has 158 valence electrons. The van der Waals surface area contributed by atoms with E-state index >= 15 is 0 Å². The van der Waals surface area contributed by atoms with Crippen LogP contribution >= 0.6 is 0 Å². The molecule has 1 aromatic heterocycles. The molecule has 0 amide bonds. The summed E-state index contributed by atoms with van der Waals surface area (Å²) in [6.45, 7) is 4.09. The Labute approximate surface area is 182 Å². The van der Waals surface area contributed by atoms with Crippen LogP contribution in [-0.2, 0) is 5.79 Å². The quantitative estimate of drug-likeness (QED) is 0.355. The molecule has 2 aromatic carbocycles. The third kappa shape index (κ3) is 4.13. The maximum absolute atomic E-state index is 6.70. The molecule has 0 spiro atoms. The Morgan fingerprint density at radius 2 is 1.97 bits per heavy atom. The van der Waals surface area contributed by atoms with Gasteiger partial charge in [-0.05, 0) is 30.2 Å². The molecule has 0 radical (unpaired) electrons. The minimum Gasteiger partial charge on any atom is -0.372 e. The number of rotatable bonds is 7. The maximum atomic E-state index is 6.70. The van der Waals surface area contributed by atoms with E-state index in [1.807, 2.05) is 30.5 Å². The lowest BCUT2D eigenvalue weighted by Gasteiger charge is -2.32. The first-order valence-corrected chi connectivity index (χ1v) is 10.8. The molecule has 2 aliphatic rings. The summed E-state index contributed by atoms with van der Waals surface area (Å²) >= 11 is 0. The van der Waals surface area contributed by atoms with Gasteiger partial charge in [-0.25, -0.2) is 4.99 Å². The summed E-state index contributed by atoms with van der Waals surface area (Å²) in [6.07, 6.45) is 11.3. The number of fused-ring (bicyclic) bond motifs is 1. The fourth-order valence-corrected chi connectivity index (χ4v) is 4.22. The Morgan fingerprint density at radius 3 is 2.87 bits per heavy atom. The van der Waals surface area contributed by atoms with E-state index in [4.69, 9.17) is 5.73 Å². The number of H-pyrrole nitrogens is 1. The first kappa shape index (κ1) is 19.6. The van der Waals surface area contributed by atoms with Crippen molar-refractivity contribution in [3.8, 4) is 11.1 Å². The lowest BCUT2D eigenvalue weighted by molar-refractivity contribution is 0.340. The van der Waals surface area contributed by atoms with Gasteiger partial charge in [0.05, 0.1) is 0 Å². The predicted molar refractivity (Wildman–Crippen MR) is 128 cm³/mol. The highest BCUT2D eigenvalue weighted by Crippen LogP contribution is 2.31. The van der Waals surface area contributed by atoms with Crippen molar-refractivity contribution in [2.75, 3.05) is 26.2 Å². The molecule has 5 rings (SSSR count). The van der Waals surface area contributed by atoms with Crippen molar-refractivity contribution in [3.63, 3.8) is 0 Å². The van der Waals surface area contributed by atoms with Gasteiger partial charge in [-0.15, -0.1) is 0 Å². The van der Waals surface area contributed by atoms with E-state index in [1.165, 1.54) is 5.39 Å². The van der Waals surface area contributed by atoms with Crippen molar-refractivity contribution in [2.45, 2.75) is 12.2 Å². The molecule has 5 N–H and O–H groups in total. The van der Waals surface area contributed by atoms with E-state index in [2.05, 4.69) is 68.0 Å². The van der Waals surface area contributed by atoms with Crippen molar-refractivity contribution < 1.29 is 0 Å². The van der Waals surface area contributed by atoms with Gasteiger partial charge in [0.15, 0.2) is 0 Å². The van der Waals surface area contributed by atoms with Gasteiger partial charge in [-0.2, -0.15) is 0 Å². The van der Waals surface area contributed by atoms with Crippen LogP contribution in [0.2, 0.25) is 0 Å². The van der Waals surface area contributed by atoms with Crippen molar-refractivity contribution in [3.05, 3.63) is 84.3 Å². The minimum atomic E-state index is -1.00. The van der Waals surface area contributed by atoms with Gasteiger partial charge >= 0.3 is 0 Å². The fourth-order valence-electron chi connectivity index (χ4n) is 4.22.